The van der Waals surface area contributed by atoms with Gasteiger partial charge in [-0.15, -0.1) is 0 Å². The van der Waals surface area contributed by atoms with Crippen molar-refractivity contribution < 1.29 is 4.92 Å². The molecule has 1 aromatic heterocycles. The van der Waals surface area contributed by atoms with Crippen molar-refractivity contribution in [3.05, 3.63) is 28.6 Å². The highest BCUT2D eigenvalue weighted by Crippen LogP contribution is 2.25. The van der Waals surface area contributed by atoms with Crippen LogP contribution in [0.1, 0.15) is 19.8 Å². The predicted octanol–water partition coefficient (Wildman–Crippen LogP) is 1.79. The van der Waals surface area contributed by atoms with Crippen LogP contribution in [0, 0.1) is 16.0 Å². The lowest BCUT2D eigenvalue weighted by Gasteiger charge is -2.29. The van der Waals surface area contributed by atoms with Gasteiger partial charge in [0.05, 0.1) is 4.92 Å². The summed E-state index contributed by atoms with van der Waals surface area (Å²) in [6, 6.07) is 1.86. The number of nitro groups is 1. The lowest BCUT2D eigenvalue weighted by Crippen LogP contribution is -2.38. The number of anilines is 1. The molecule has 2 unspecified atom stereocenters. The average molecular weight is 250 g/mol. The third-order valence-corrected chi connectivity index (χ3v) is 3.42. The molecule has 0 aromatic carbocycles. The molecule has 0 amide bonds. The lowest BCUT2D eigenvalue weighted by atomic mass is 9.92. The summed E-state index contributed by atoms with van der Waals surface area (Å²) in [7, 11) is 0. The van der Waals surface area contributed by atoms with Gasteiger partial charge in [0.25, 0.3) is 0 Å². The summed E-state index contributed by atoms with van der Waals surface area (Å²) in [4.78, 5) is 14.3. The Hall–Kier alpha value is -1.69. The Morgan fingerprint density at radius 3 is 3.17 bits per heavy atom. The highest BCUT2D eigenvalue weighted by molar-refractivity contribution is 5.60. The van der Waals surface area contributed by atoms with Crippen LogP contribution < -0.4 is 10.6 Å². The van der Waals surface area contributed by atoms with Gasteiger partial charge in [-0.3, -0.25) is 15.1 Å². The third kappa shape index (κ3) is 2.95. The highest BCUT2D eigenvalue weighted by atomic mass is 16.6. The second kappa shape index (κ2) is 5.77. The molecule has 0 spiro atoms. The van der Waals surface area contributed by atoms with Gasteiger partial charge in [-0.2, -0.15) is 0 Å². The molecule has 6 nitrogen and oxygen atoms in total. The number of pyridine rings is 1. The SMILES string of the molecule is CC(Nc1ccncc1[N+](=O)[O-])C1CCCNC1. The molecule has 2 rings (SSSR count). The van der Waals surface area contributed by atoms with Crippen molar-refractivity contribution in [3.63, 3.8) is 0 Å². The Morgan fingerprint density at radius 2 is 2.50 bits per heavy atom. The Morgan fingerprint density at radius 1 is 1.67 bits per heavy atom. The smallest absolute Gasteiger partial charge is 0.310 e. The van der Waals surface area contributed by atoms with Crippen molar-refractivity contribution in [1.82, 2.24) is 10.3 Å². The molecule has 1 aliphatic heterocycles. The first-order chi connectivity index (χ1) is 8.68. The molecule has 0 aliphatic carbocycles. The second-order valence-electron chi connectivity index (χ2n) is 4.69. The Kier molecular flexibility index (Phi) is 4.09. The van der Waals surface area contributed by atoms with Crippen LogP contribution in [0.5, 0.6) is 0 Å². The zero-order valence-electron chi connectivity index (χ0n) is 10.4. The van der Waals surface area contributed by atoms with E-state index in [0.29, 0.717) is 11.6 Å². The lowest BCUT2D eigenvalue weighted by molar-refractivity contribution is -0.384. The molecular weight excluding hydrogens is 232 g/mol. The van der Waals surface area contributed by atoms with Crippen LogP contribution in [0.15, 0.2) is 18.5 Å². The fourth-order valence-electron chi connectivity index (χ4n) is 2.32. The van der Waals surface area contributed by atoms with E-state index in [9.17, 15) is 10.1 Å². The number of rotatable bonds is 4. The molecule has 98 valence electrons. The molecule has 18 heavy (non-hydrogen) atoms. The number of nitrogens with zero attached hydrogens (tertiary/aromatic N) is 2. The standard InChI is InChI=1S/C12H18N4O2/c1-9(10-3-2-5-13-7-10)15-11-4-6-14-8-12(11)16(17)18/h4,6,8-10,13H,2-3,5,7H2,1H3,(H,14,15). The quantitative estimate of drug-likeness (QED) is 0.629. The normalized spacial score (nSPS) is 21.3. The van der Waals surface area contributed by atoms with Gasteiger partial charge in [0.1, 0.15) is 11.9 Å². The van der Waals surface area contributed by atoms with Crippen LogP contribution in [-0.4, -0.2) is 29.0 Å². The second-order valence-corrected chi connectivity index (χ2v) is 4.69. The summed E-state index contributed by atoms with van der Waals surface area (Å²) in [5.41, 5.74) is 0.584. The minimum atomic E-state index is -0.402. The number of nitrogens with one attached hydrogen (secondary N) is 2. The molecule has 2 atom stereocenters. The predicted molar refractivity (Wildman–Crippen MR) is 69.6 cm³/mol. The van der Waals surface area contributed by atoms with Crippen molar-refractivity contribution in [3.8, 4) is 0 Å². The molecule has 2 N–H and O–H groups in total. The Balaban J connectivity index is 2.06. The zero-order valence-corrected chi connectivity index (χ0v) is 10.4. The van der Waals surface area contributed by atoms with E-state index in [2.05, 4.69) is 22.5 Å². The Bertz CT molecular complexity index is 418. The summed E-state index contributed by atoms with van der Waals surface area (Å²) in [6.45, 7) is 4.10. The van der Waals surface area contributed by atoms with Gasteiger partial charge in [-0.1, -0.05) is 0 Å². The minimum absolute atomic E-state index is 0.0353. The van der Waals surface area contributed by atoms with E-state index >= 15 is 0 Å². The summed E-state index contributed by atoms with van der Waals surface area (Å²) in [6.07, 6.45) is 5.17. The van der Waals surface area contributed by atoms with Crippen molar-refractivity contribution in [2.75, 3.05) is 18.4 Å². The maximum atomic E-state index is 10.9. The van der Waals surface area contributed by atoms with Crippen molar-refractivity contribution in [1.29, 1.82) is 0 Å². The van der Waals surface area contributed by atoms with Gasteiger partial charge >= 0.3 is 5.69 Å². The van der Waals surface area contributed by atoms with E-state index in [-0.39, 0.29) is 11.7 Å². The molecule has 2 heterocycles. The Labute approximate surface area is 106 Å². The summed E-state index contributed by atoms with van der Waals surface area (Å²) >= 11 is 0. The summed E-state index contributed by atoms with van der Waals surface area (Å²) < 4.78 is 0. The van der Waals surface area contributed by atoms with Crippen LogP contribution in [-0.2, 0) is 0 Å². The largest absolute Gasteiger partial charge is 0.377 e. The van der Waals surface area contributed by atoms with Crippen LogP contribution >= 0.6 is 0 Å². The minimum Gasteiger partial charge on any atom is -0.377 e. The first-order valence-corrected chi connectivity index (χ1v) is 6.24. The molecule has 1 aliphatic rings. The van der Waals surface area contributed by atoms with Gasteiger partial charge in [-0.05, 0) is 44.8 Å². The van der Waals surface area contributed by atoms with E-state index in [1.807, 2.05) is 0 Å². The van der Waals surface area contributed by atoms with Crippen LogP contribution in [0.3, 0.4) is 0 Å². The maximum absolute atomic E-state index is 10.9. The van der Waals surface area contributed by atoms with Crippen LogP contribution in [0.25, 0.3) is 0 Å². The summed E-state index contributed by atoms with van der Waals surface area (Å²) in [5.74, 6) is 0.506. The molecule has 0 bridgehead atoms. The van der Waals surface area contributed by atoms with E-state index in [1.54, 1.807) is 12.3 Å². The molecular formula is C12H18N4O2. The van der Waals surface area contributed by atoms with E-state index < -0.39 is 4.92 Å². The van der Waals surface area contributed by atoms with E-state index in [1.165, 1.54) is 6.20 Å². The van der Waals surface area contributed by atoms with Gasteiger partial charge < -0.3 is 10.6 Å². The topological polar surface area (TPSA) is 80.1 Å². The van der Waals surface area contributed by atoms with Gasteiger partial charge in [0, 0.05) is 12.2 Å². The molecule has 6 heteroatoms. The molecule has 1 saturated heterocycles. The average Bonchev–Trinajstić information content (AvgIpc) is 2.40. The molecule has 0 saturated carbocycles. The van der Waals surface area contributed by atoms with Crippen LogP contribution in [0.4, 0.5) is 11.4 Å². The van der Waals surface area contributed by atoms with E-state index in [0.717, 1.165) is 25.9 Å². The first kappa shape index (κ1) is 12.8. The third-order valence-electron chi connectivity index (χ3n) is 3.42. The molecule has 0 radical (unpaired) electrons. The zero-order chi connectivity index (χ0) is 13.0. The van der Waals surface area contributed by atoms with E-state index in [4.69, 9.17) is 0 Å². The van der Waals surface area contributed by atoms with Gasteiger partial charge in [0.15, 0.2) is 0 Å². The van der Waals surface area contributed by atoms with Crippen molar-refractivity contribution in [2.24, 2.45) is 5.92 Å². The number of hydrogen-bond donors (Lipinski definition) is 2. The summed E-state index contributed by atoms with van der Waals surface area (Å²) in [5, 5.41) is 17.5. The van der Waals surface area contributed by atoms with Gasteiger partial charge in [0.2, 0.25) is 0 Å². The first-order valence-electron chi connectivity index (χ1n) is 6.24. The van der Waals surface area contributed by atoms with Crippen LogP contribution in [0.2, 0.25) is 0 Å². The fraction of sp³-hybridized carbons (Fsp3) is 0.583. The number of piperidine rings is 1. The molecule has 1 aromatic rings. The maximum Gasteiger partial charge on any atom is 0.310 e. The number of aromatic nitrogens is 1. The highest BCUT2D eigenvalue weighted by Gasteiger charge is 2.22. The number of hydrogen-bond acceptors (Lipinski definition) is 5. The van der Waals surface area contributed by atoms with Crippen molar-refractivity contribution in [2.45, 2.75) is 25.8 Å². The van der Waals surface area contributed by atoms with Gasteiger partial charge in [-0.25, -0.2) is 0 Å². The fourth-order valence-corrected chi connectivity index (χ4v) is 2.32. The van der Waals surface area contributed by atoms with Crippen molar-refractivity contribution >= 4 is 11.4 Å². The molecule has 1 fully saturated rings. The monoisotopic (exact) mass is 250 g/mol.